The van der Waals surface area contributed by atoms with Crippen molar-refractivity contribution in [3.8, 4) is 0 Å². The Morgan fingerprint density at radius 2 is 1.69 bits per heavy atom. The summed E-state index contributed by atoms with van der Waals surface area (Å²) in [6.07, 6.45) is 0. The number of rotatable bonds is 4. The summed E-state index contributed by atoms with van der Waals surface area (Å²) in [6.45, 7) is 4.79. The second-order valence-corrected chi connectivity index (χ2v) is 3.43. The van der Waals surface area contributed by atoms with E-state index >= 15 is 0 Å². The highest BCUT2D eigenvalue weighted by Crippen LogP contribution is 2.13. The fraction of sp³-hybridized carbons (Fsp3) is 0.556. The van der Waals surface area contributed by atoms with Crippen LogP contribution in [-0.2, 0) is 0 Å². The lowest BCUT2D eigenvalue weighted by Crippen LogP contribution is -2.37. The second kappa shape index (κ2) is 3.60. The van der Waals surface area contributed by atoms with Crippen LogP contribution in [0.25, 0.3) is 0 Å². The summed E-state index contributed by atoms with van der Waals surface area (Å²) in [4.78, 5) is 22.0. The van der Waals surface area contributed by atoms with Gasteiger partial charge in [-0.25, -0.2) is 0 Å². The topological polar surface area (TPSA) is 58.2 Å². The number of anilines is 2. The first-order chi connectivity index (χ1) is 6.07. The summed E-state index contributed by atoms with van der Waals surface area (Å²) in [7, 11) is 1.64. The van der Waals surface area contributed by atoms with Gasteiger partial charge in [-0.2, -0.15) is 0 Å². The lowest BCUT2D eigenvalue weighted by molar-refractivity contribution is 0.688. The summed E-state index contributed by atoms with van der Waals surface area (Å²) < 4.78 is 0. The zero-order chi connectivity index (χ0) is 10.0. The molecule has 0 spiro atoms. The minimum Gasteiger partial charge on any atom is -0.383 e. The van der Waals surface area contributed by atoms with E-state index in [1.807, 2.05) is 13.8 Å². The molecule has 0 saturated heterocycles. The molecule has 0 unspecified atom stereocenters. The van der Waals surface area contributed by atoms with E-state index in [0.717, 1.165) is 0 Å². The lowest BCUT2D eigenvalue weighted by atomic mass is 10.1. The van der Waals surface area contributed by atoms with Gasteiger partial charge in [-0.1, -0.05) is 13.8 Å². The fourth-order valence-corrected chi connectivity index (χ4v) is 1.11. The smallest absolute Gasteiger partial charge is 0.253 e. The monoisotopic (exact) mass is 182 g/mol. The molecule has 4 nitrogen and oxygen atoms in total. The van der Waals surface area contributed by atoms with Crippen LogP contribution in [-0.4, -0.2) is 13.6 Å². The maximum atomic E-state index is 11.0. The van der Waals surface area contributed by atoms with Crippen molar-refractivity contribution in [3.63, 3.8) is 0 Å². The van der Waals surface area contributed by atoms with Crippen LogP contribution in [0.3, 0.4) is 0 Å². The average molecular weight is 182 g/mol. The maximum Gasteiger partial charge on any atom is 0.253 e. The standard InChI is InChI=1S/C9H14N2O2/c1-5(2)4-11-7-6(10-3)8(12)9(7)13/h5,10-11H,4H2,1-3H3. The van der Waals surface area contributed by atoms with Crippen LogP contribution in [0.1, 0.15) is 13.8 Å². The van der Waals surface area contributed by atoms with Gasteiger partial charge in [0.1, 0.15) is 11.4 Å². The van der Waals surface area contributed by atoms with Crippen molar-refractivity contribution in [1.82, 2.24) is 0 Å². The molecule has 0 saturated carbocycles. The van der Waals surface area contributed by atoms with Crippen LogP contribution < -0.4 is 21.5 Å². The number of nitrogens with one attached hydrogen (secondary N) is 2. The third-order valence-electron chi connectivity index (χ3n) is 1.85. The third-order valence-corrected chi connectivity index (χ3v) is 1.85. The highest BCUT2D eigenvalue weighted by atomic mass is 16.2. The Balaban J connectivity index is 2.73. The van der Waals surface area contributed by atoms with E-state index in [1.54, 1.807) is 7.05 Å². The van der Waals surface area contributed by atoms with E-state index in [1.165, 1.54) is 0 Å². The average Bonchev–Trinajstić information content (AvgIpc) is 2.10. The summed E-state index contributed by atoms with van der Waals surface area (Å²) in [5.74, 6) is 0.453. The first-order valence-electron chi connectivity index (χ1n) is 4.32. The molecule has 0 heterocycles. The van der Waals surface area contributed by atoms with E-state index in [-0.39, 0.29) is 0 Å². The van der Waals surface area contributed by atoms with Crippen LogP contribution in [0.5, 0.6) is 0 Å². The van der Waals surface area contributed by atoms with Crippen molar-refractivity contribution in [2.24, 2.45) is 5.92 Å². The molecular formula is C9H14N2O2. The van der Waals surface area contributed by atoms with Crippen molar-refractivity contribution in [3.05, 3.63) is 20.4 Å². The SMILES string of the molecule is CNc1c(NCC(C)C)c(=O)c1=O. The molecule has 0 bridgehead atoms. The molecule has 1 rings (SSSR count). The summed E-state index contributed by atoms with van der Waals surface area (Å²) in [6, 6.07) is 0. The van der Waals surface area contributed by atoms with Crippen LogP contribution in [0.2, 0.25) is 0 Å². The Kier molecular flexibility index (Phi) is 2.70. The molecule has 0 amide bonds. The first kappa shape index (κ1) is 9.77. The molecule has 4 heteroatoms. The molecule has 72 valence electrons. The van der Waals surface area contributed by atoms with Crippen LogP contribution in [0, 0.1) is 5.92 Å². The Morgan fingerprint density at radius 3 is 2.15 bits per heavy atom. The van der Waals surface area contributed by atoms with E-state index in [4.69, 9.17) is 0 Å². The maximum absolute atomic E-state index is 11.0. The van der Waals surface area contributed by atoms with E-state index < -0.39 is 10.9 Å². The van der Waals surface area contributed by atoms with Crippen molar-refractivity contribution in [2.45, 2.75) is 13.8 Å². The van der Waals surface area contributed by atoms with Gasteiger partial charge in [-0.05, 0) is 5.92 Å². The fourth-order valence-electron chi connectivity index (χ4n) is 1.11. The molecule has 13 heavy (non-hydrogen) atoms. The summed E-state index contributed by atoms with van der Waals surface area (Å²) >= 11 is 0. The van der Waals surface area contributed by atoms with Crippen molar-refractivity contribution in [2.75, 3.05) is 24.2 Å². The quantitative estimate of drug-likeness (QED) is 0.661. The molecule has 0 radical (unpaired) electrons. The Morgan fingerprint density at radius 1 is 1.15 bits per heavy atom. The highest BCUT2D eigenvalue weighted by Gasteiger charge is 2.18. The van der Waals surface area contributed by atoms with Gasteiger partial charge in [0.2, 0.25) is 0 Å². The lowest BCUT2D eigenvalue weighted by Gasteiger charge is -2.13. The third kappa shape index (κ3) is 1.71. The van der Waals surface area contributed by atoms with E-state index in [2.05, 4.69) is 10.6 Å². The minimum absolute atomic E-state index is 0.408. The van der Waals surface area contributed by atoms with Crippen molar-refractivity contribution < 1.29 is 0 Å². The van der Waals surface area contributed by atoms with E-state index in [0.29, 0.717) is 23.8 Å². The van der Waals surface area contributed by atoms with Gasteiger partial charge >= 0.3 is 0 Å². The van der Waals surface area contributed by atoms with Crippen LogP contribution >= 0.6 is 0 Å². The zero-order valence-corrected chi connectivity index (χ0v) is 8.10. The molecule has 0 aliphatic heterocycles. The van der Waals surface area contributed by atoms with Gasteiger partial charge in [0.25, 0.3) is 10.9 Å². The normalized spacial score (nSPS) is 10.8. The molecule has 0 aliphatic rings. The van der Waals surface area contributed by atoms with Gasteiger partial charge in [0, 0.05) is 13.6 Å². The molecular weight excluding hydrogens is 168 g/mol. The molecule has 0 fully saturated rings. The molecule has 0 atom stereocenters. The minimum atomic E-state index is -0.422. The van der Waals surface area contributed by atoms with Gasteiger partial charge in [0.15, 0.2) is 0 Å². The van der Waals surface area contributed by atoms with Gasteiger partial charge in [-0.3, -0.25) is 9.59 Å². The first-order valence-corrected chi connectivity index (χ1v) is 4.32. The van der Waals surface area contributed by atoms with Gasteiger partial charge < -0.3 is 10.6 Å². The van der Waals surface area contributed by atoms with Crippen molar-refractivity contribution in [1.29, 1.82) is 0 Å². The van der Waals surface area contributed by atoms with Crippen LogP contribution in [0.15, 0.2) is 9.59 Å². The Bertz CT molecular complexity index is 361. The Labute approximate surface area is 76.7 Å². The summed E-state index contributed by atoms with van der Waals surface area (Å²) in [5, 5.41) is 5.65. The predicted octanol–water partition coefficient (Wildman–Crippen LogP) is 0.392. The van der Waals surface area contributed by atoms with E-state index in [9.17, 15) is 9.59 Å². The Hall–Kier alpha value is -1.32. The largest absolute Gasteiger partial charge is 0.383 e. The van der Waals surface area contributed by atoms with Crippen molar-refractivity contribution >= 4 is 11.4 Å². The molecule has 0 aliphatic carbocycles. The second-order valence-electron chi connectivity index (χ2n) is 3.43. The molecule has 1 aromatic rings. The van der Waals surface area contributed by atoms with Crippen LogP contribution in [0.4, 0.5) is 11.4 Å². The molecule has 1 aromatic carbocycles. The summed E-state index contributed by atoms with van der Waals surface area (Å²) in [5.41, 5.74) is 0.00519. The van der Waals surface area contributed by atoms with Gasteiger partial charge in [0.05, 0.1) is 0 Å². The highest BCUT2D eigenvalue weighted by molar-refractivity contribution is 5.73. The predicted molar refractivity (Wildman–Crippen MR) is 54.2 cm³/mol. The number of hydrogen-bond donors (Lipinski definition) is 2. The molecule has 0 aromatic heterocycles. The molecule has 2 N–H and O–H groups in total. The zero-order valence-electron chi connectivity index (χ0n) is 8.10. The number of hydrogen-bond acceptors (Lipinski definition) is 4. The van der Waals surface area contributed by atoms with Gasteiger partial charge in [-0.15, -0.1) is 0 Å².